The molecule has 1 amide bonds. The molecule has 1 aromatic heterocycles. The number of halogens is 3. The summed E-state index contributed by atoms with van der Waals surface area (Å²) in [6.07, 6.45) is 0. The van der Waals surface area contributed by atoms with Crippen molar-refractivity contribution in [2.45, 2.75) is 32.5 Å². The van der Waals surface area contributed by atoms with Gasteiger partial charge in [-0.3, -0.25) is 4.79 Å². The second-order valence-electron chi connectivity index (χ2n) is 8.12. The highest BCUT2D eigenvalue weighted by Gasteiger charge is 2.32. The molecule has 9 heteroatoms. The zero-order valence-electron chi connectivity index (χ0n) is 17.1. The van der Waals surface area contributed by atoms with Crippen LogP contribution in [0.1, 0.15) is 19.7 Å². The Morgan fingerprint density at radius 3 is 2.39 bits per heavy atom. The predicted molar refractivity (Wildman–Crippen MR) is 121 cm³/mol. The number of nitrogens with two attached hydrogens (primary N) is 1. The number of benzene rings is 2. The van der Waals surface area contributed by atoms with Crippen LogP contribution in [0.3, 0.4) is 0 Å². The van der Waals surface area contributed by atoms with Gasteiger partial charge in [0.2, 0.25) is 5.91 Å². The van der Waals surface area contributed by atoms with Crippen LogP contribution in [0, 0.1) is 5.82 Å². The van der Waals surface area contributed by atoms with Gasteiger partial charge in [-0.05, 0) is 56.3 Å². The molecule has 0 radical (unpaired) electrons. The minimum atomic E-state index is -0.965. The predicted octanol–water partition coefficient (Wildman–Crippen LogP) is 4.82. The molecule has 0 spiro atoms. The average Bonchev–Trinajstić information content (AvgIpc) is 3.04. The fraction of sp³-hybridized carbons (Fsp3) is 0.273. The van der Waals surface area contributed by atoms with Crippen molar-refractivity contribution in [3.8, 4) is 11.3 Å². The summed E-state index contributed by atoms with van der Waals surface area (Å²) in [5, 5.41) is 4.36. The zero-order chi connectivity index (χ0) is 22.3. The molecule has 0 aliphatic carbocycles. The first kappa shape index (κ1) is 21.6. The topological polar surface area (TPSA) is 76.2 Å². The number of carbonyl (C=O) groups is 1. The SMILES string of the molecule is CC(C)(N)C(=O)N1CCn2c(nc(-c3ccc(F)cc3)c2Nc2cc(Cl)cc(Cl)c2)C1. The van der Waals surface area contributed by atoms with E-state index in [1.165, 1.54) is 12.1 Å². The van der Waals surface area contributed by atoms with Crippen LogP contribution in [0.15, 0.2) is 42.5 Å². The maximum atomic E-state index is 13.5. The Morgan fingerprint density at radius 2 is 1.77 bits per heavy atom. The Hall–Kier alpha value is -2.61. The lowest BCUT2D eigenvalue weighted by atomic mass is 10.1. The molecule has 0 fully saturated rings. The van der Waals surface area contributed by atoms with Gasteiger partial charge >= 0.3 is 0 Å². The summed E-state index contributed by atoms with van der Waals surface area (Å²) < 4.78 is 15.5. The molecule has 31 heavy (non-hydrogen) atoms. The first-order chi connectivity index (χ1) is 14.6. The van der Waals surface area contributed by atoms with Gasteiger partial charge in [0.1, 0.15) is 23.2 Å². The lowest BCUT2D eigenvalue weighted by molar-refractivity contribution is -0.137. The number of carbonyl (C=O) groups excluding carboxylic acids is 1. The lowest BCUT2D eigenvalue weighted by Gasteiger charge is -2.33. The van der Waals surface area contributed by atoms with Crippen molar-refractivity contribution in [3.63, 3.8) is 0 Å². The standard InChI is InChI=1S/C22H22Cl2FN5O/c1-22(2,26)21(31)29-7-8-30-18(12-29)28-19(13-3-5-16(25)6-4-13)20(30)27-17-10-14(23)9-15(24)11-17/h3-6,9-11,27H,7-8,12,26H2,1-2H3. The van der Waals surface area contributed by atoms with E-state index in [4.69, 9.17) is 33.9 Å². The molecule has 3 N–H and O–H groups in total. The van der Waals surface area contributed by atoms with E-state index in [9.17, 15) is 9.18 Å². The number of imidazole rings is 1. The monoisotopic (exact) mass is 461 g/mol. The second-order valence-corrected chi connectivity index (χ2v) is 8.99. The van der Waals surface area contributed by atoms with E-state index in [0.717, 1.165) is 11.4 Å². The van der Waals surface area contributed by atoms with E-state index in [-0.39, 0.29) is 11.7 Å². The summed E-state index contributed by atoms with van der Waals surface area (Å²) in [5.41, 5.74) is 7.14. The van der Waals surface area contributed by atoms with Crippen LogP contribution in [0.25, 0.3) is 11.3 Å². The number of hydrogen-bond donors (Lipinski definition) is 2. The Labute approximate surface area is 189 Å². The molecule has 3 aromatic rings. The molecule has 0 saturated carbocycles. The van der Waals surface area contributed by atoms with Crippen LogP contribution >= 0.6 is 23.2 Å². The van der Waals surface area contributed by atoms with Crippen molar-refractivity contribution >= 4 is 40.6 Å². The highest BCUT2D eigenvalue weighted by Crippen LogP contribution is 2.35. The van der Waals surface area contributed by atoms with E-state index < -0.39 is 5.54 Å². The maximum absolute atomic E-state index is 13.5. The lowest BCUT2D eigenvalue weighted by Crippen LogP contribution is -2.52. The number of aromatic nitrogens is 2. The van der Waals surface area contributed by atoms with Crippen molar-refractivity contribution < 1.29 is 9.18 Å². The quantitative estimate of drug-likeness (QED) is 0.583. The molecule has 2 heterocycles. The number of rotatable bonds is 4. The second kappa shape index (κ2) is 8.15. The molecule has 162 valence electrons. The number of nitrogens with one attached hydrogen (secondary N) is 1. The number of amides is 1. The van der Waals surface area contributed by atoms with E-state index >= 15 is 0 Å². The van der Waals surface area contributed by atoms with Crippen LogP contribution in [-0.4, -0.2) is 32.4 Å². The van der Waals surface area contributed by atoms with Gasteiger partial charge in [-0.25, -0.2) is 9.37 Å². The molecule has 1 aliphatic rings. The van der Waals surface area contributed by atoms with Gasteiger partial charge in [0.15, 0.2) is 0 Å². The fourth-order valence-corrected chi connectivity index (χ4v) is 4.14. The van der Waals surface area contributed by atoms with Gasteiger partial charge in [-0.15, -0.1) is 0 Å². The third-order valence-electron chi connectivity index (χ3n) is 5.05. The van der Waals surface area contributed by atoms with E-state index in [1.807, 2.05) is 4.57 Å². The third-order valence-corrected chi connectivity index (χ3v) is 5.49. The first-order valence-electron chi connectivity index (χ1n) is 9.78. The normalized spacial score (nSPS) is 13.8. The Morgan fingerprint density at radius 1 is 1.13 bits per heavy atom. The molecular formula is C22H22Cl2FN5O. The van der Waals surface area contributed by atoms with E-state index in [0.29, 0.717) is 46.9 Å². The van der Waals surface area contributed by atoms with Crippen molar-refractivity contribution in [1.82, 2.24) is 14.5 Å². The van der Waals surface area contributed by atoms with Gasteiger partial charge in [0.25, 0.3) is 0 Å². The summed E-state index contributed by atoms with van der Waals surface area (Å²) >= 11 is 12.3. The Kier molecular flexibility index (Phi) is 5.68. The molecule has 0 unspecified atom stereocenters. The molecule has 0 atom stereocenters. The van der Waals surface area contributed by atoms with Gasteiger partial charge < -0.3 is 20.5 Å². The largest absolute Gasteiger partial charge is 0.340 e. The summed E-state index contributed by atoms with van der Waals surface area (Å²) in [6.45, 7) is 4.73. The van der Waals surface area contributed by atoms with E-state index in [2.05, 4.69) is 5.32 Å². The van der Waals surface area contributed by atoms with E-state index in [1.54, 1.807) is 49.1 Å². The minimum Gasteiger partial charge on any atom is -0.340 e. The smallest absolute Gasteiger partial charge is 0.242 e. The van der Waals surface area contributed by atoms with Gasteiger partial charge in [0, 0.05) is 34.4 Å². The van der Waals surface area contributed by atoms with Crippen LogP contribution in [0.4, 0.5) is 15.9 Å². The Bertz CT molecular complexity index is 1120. The van der Waals surface area contributed by atoms with Crippen molar-refractivity contribution in [3.05, 3.63) is 64.2 Å². The summed E-state index contributed by atoms with van der Waals surface area (Å²) in [7, 11) is 0. The molecule has 4 rings (SSSR count). The maximum Gasteiger partial charge on any atom is 0.242 e. The zero-order valence-corrected chi connectivity index (χ0v) is 18.6. The fourth-order valence-electron chi connectivity index (χ4n) is 3.61. The minimum absolute atomic E-state index is 0.138. The number of anilines is 2. The van der Waals surface area contributed by atoms with Gasteiger partial charge in [-0.2, -0.15) is 0 Å². The van der Waals surface area contributed by atoms with Crippen LogP contribution in [0.5, 0.6) is 0 Å². The number of fused-ring (bicyclic) bond motifs is 1. The first-order valence-corrected chi connectivity index (χ1v) is 10.5. The van der Waals surface area contributed by atoms with Crippen LogP contribution in [-0.2, 0) is 17.9 Å². The highest BCUT2D eigenvalue weighted by atomic mass is 35.5. The molecule has 0 bridgehead atoms. The average molecular weight is 462 g/mol. The summed E-state index contributed by atoms with van der Waals surface area (Å²) in [4.78, 5) is 19.2. The molecule has 6 nitrogen and oxygen atoms in total. The molecular weight excluding hydrogens is 440 g/mol. The van der Waals surface area contributed by atoms with Gasteiger partial charge in [-0.1, -0.05) is 23.2 Å². The number of hydrogen-bond acceptors (Lipinski definition) is 4. The van der Waals surface area contributed by atoms with Crippen molar-refractivity contribution in [2.24, 2.45) is 5.73 Å². The van der Waals surface area contributed by atoms with Crippen LogP contribution in [0.2, 0.25) is 10.0 Å². The molecule has 2 aromatic carbocycles. The van der Waals surface area contributed by atoms with Gasteiger partial charge in [0.05, 0.1) is 12.1 Å². The highest BCUT2D eigenvalue weighted by molar-refractivity contribution is 6.35. The van der Waals surface area contributed by atoms with Crippen molar-refractivity contribution in [2.75, 3.05) is 11.9 Å². The summed E-state index contributed by atoms with van der Waals surface area (Å²) in [6, 6.07) is 11.3. The number of nitrogens with zero attached hydrogens (tertiary/aromatic N) is 3. The summed E-state index contributed by atoms with van der Waals surface area (Å²) in [5.74, 6) is 0.963. The van der Waals surface area contributed by atoms with Crippen molar-refractivity contribution in [1.29, 1.82) is 0 Å². The third kappa shape index (κ3) is 4.54. The Balaban J connectivity index is 1.77. The molecule has 0 saturated heterocycles. The van der Waals surface area contributed by atoms with Crippen LogP contribution < -0.4 is 11.1 Å². The molecule has 1 aliphatic heterocycles.